The van der Waals surface area contributed by atoms with Crippen molar-refractivity contribution in [3.63, 3.8) is 0 Å². The first-order valence-electron chi connectivity index (χ1n) is 6.94. The SMILES string of the molecule is NCC1CCC(N(Cc2ccccc2)C(=O)O)CC1. The lowest BCUT2D eigenvalue weighted by Gasteiger charge is -2.35. The molecule has 0 bridgehead atoms. The molecule has 0 aromatic heterocycles. The summed E-state index contributed by atoms with van der Waals surface area (Å²) in [5.74, 6) is 0.573. The van der Waals surface area contributed by atoms with E-state index in [9.17, 15) is 9.90 Å². The van der Waals surface area contributed by atoms with E-state index >= 15 is 0 Å². The van der Waals surface area contributed by atoms with Crippen LogP contribution in [-0.4, -0.2) is 28.7 Å². The van der Waals surface area contributed by atoms with Crippen molar-refractivity contribution < 1.29 is 9.90 Å². The molecule has 0 radical (unpaired) electrons. The molecule has 1 aliphatic carbocycles. The van der Waals surface area contributed by atoms with Gasteiger partial charge in [0.15, 0.2) is 0 Å². The number of amides is 1. The Morgan fingerprint density at radius 1 is 1.21 bits per heavy atom. The highest BCUT2D eigenvalue weighted by molar-refractivity contribution is 5.65. The first-order chi connectivity index (χ1) is 9.20. The Balaban J connectivity index is 1.99. The van der Waals surface area contributed by atoms with Gasteiger partial charge in [0, 0.05) is 12.6 Å². The molecule has 0 saturated heterocycles. The Morgan fingerprint density at radius 3 is 2.37 bits per heavy atom. The summed E-state index contributed by atoms with van der Waals surface area (Å²) in [5.41, 5.74) is 6.73. The second kappa shape index (κ2) is 6.57. The molecule has 1 saturated carbocycles. The van der Waals surface area contributed by atoms with Crippen LogP contribution in [0.5, 0.6) is 0 Å². The Kier molecular flexibility index (Phi) is 4.80. The van der Waals surface area contributed by atoms with Crippen molar-refractivity contribution in [2.45, 2.75) is 38.3 Å². The van der Waals surface area contributed by atoms with Gasteiger partial charge in [-0.15, -0.1) is 0 Å². The summed E-state index contributed by atoms with van der Waals surface area (Å²) in [6.07, 6.45) is 3.13. The highest BCUT2D eigenvalue weighted by Gasteiger charge is 2.28. The van der Waals surface area contributed by atoms with E-state index < -0.39 is 6.09 Å². The monoisotopic (exact) mass is 262 g/mol. The largest absolute Gasteiger partial charge is 0.465 e. The van der Waals surface area contributed by atoms with E-state index in [-0.39, 0.29) is 6.04 Å². The number of benzene rings is 1. The molecule has 19 heavy (non-hydrogen) atoms. The first-order valence-corrected chi connectivity index (χ1v) is 6.94. The van der Waals surface area contributed by atoms with Gasteiger partial charge in [-0.3, -0.25) is 0 Å². The molecule has 104 valence electrons. The lowest BCUT2D eigenvalue weighted by molar-refractivity contribution is 0.0997. The van der Waals surface area contributed by atoms with Crippen LogP contribution < -0.4 is 5.73 Å². The fraction of sp³-hybridized carbons (Fsp3) is 0.533. The summed E-state index contributed by atoms with van der Waals surface area (Å²) in [5, 5.41) is 9.41. The minimum absolute atomic E-state index is 0.139. The number of hydrogen-bond acceptors (Lipinski definition) is 2. The van der Waals surface area contributed by atoms with Crippen LogP contribution in [-0.2, 0) is 6.54 Å². The zero-order valence-corrected chi connectivity index (χ0v) is 11.2. The lowest BCUT2D eigenvalue weighted by atomic mass is 9.85. The Hall–Kier alpha value is -1.55. The van der Waals surface area contributed by atoms with Gasteiger partial charge in [0.05, 0.1) is 0 Å². The van der Waals surface area contributed by atoms with E-state index in [0.717, 1.165) is 37.8 Å². The molecule has 4 heteroatoms. The molecule has 0 atom stereocenters. The molecule has 2 rings (SSSR count). The Bertz CT molecular complexity index is 400. The second-order valence-corrected chi connectivity index (χ2v) is 5.31. The smallest absolute Gasteiger partial charge is 0.407 e. The lowest BCUT2D eigenvalue weighted by Crippen LogP contribution is -2.41. The van der Waals surface area contributed by atoms with E-state index in [1.165, 1.54) is 0 Å². The average molecular weight is 262 g/mol. The van der Waals surface area contributed by atoms with E-state index in [4.69, 9.17) is 5.73 Å². The van der Waals surface area contributed by atoms with Crippen LogP contribution in [0.4, 0.5) is 4.79 Å². The van der Waals surface area contributed by atoms with Gasteiger partial charge in [-0.25, -0.2) is 4.79 Å². The summed E-state index contributed by atoms with van der Waals surface area (Å²) in [6.45, 7) is 1.20. The van der Waals surface area contributed by atoms with Gasteiger partial charge >= 0.3 is 6.09 Å². The molecule has 1 aromatic carbocycles. The van der Waals surface area contributed by atoms with Crippen LogP contribution in [0.1, 0.15) is 31.2 Å². The van der Waals surface area contributed by atoms with E-state index in [1.54, 1.807) is 4.90 Å². The molecule has 3 N–H and O–H groups in total. The summed E-state index contributed by atoms with van der Waals surface area (Å²) in [4.78, 5) is 13.0. The number of carboxylic acid groups (broad SMARTS) is 1. The van der Waals surface area contributed by atoms with E-state index in [1.807, 2.05) is 30.3 Å². The summed E-state index contributed by atoms with van der Waals surface area (Å²) in [6, 6.07) is 9.92. The number of nitrogens with two attached hydrogens (primary N) is 1. The maximum Gasteiger partial charge on any atom is 0.407 e. The minimum Gasteiger partial charge on any atom is -0.465 e. The van der Waals surface area contributed by atoms with Gasteiger partial charge < -0.3 is 15.7 Å². The molecule has 4 nitrogen and oxygen atoms in total. The quantitative estimate of drug-likeness (QED) is 0.876. The fourth-order valence-electron chi connectivity index (χ4n) is 2.83. The normalized spacial score (nSPS) is 23.0. The number of hydrogen-bond donors (Lipinski definition) is 2. The number of carbonyl (C=O) groups is 1. The van der Waals surface area contributed by atoms with Crippen molar-refractivity contribution in [1.82, 2.24) is 4.90 Å². The third kappa shape index (κ3) is 3.70. The van der Waals surface area contributed by atoms with Gasteiger partial charge in [0.2, 0.25) is 0 Å². The van der Waals surface area contributed by atoms with Crippen molar-refractivity contribution in [3.8, 4) is 0 Å². The third-order valence-electron chi connectivity index (χ3n) is 4.03. The van der Waals surface area contributed by atoms with E-state index in [2.05, 4.69) is 0 Å². The predicted octanol–water partition coefficient (Wildman–Crippen LogP) is 2.68. The predicted molar refractivity (Wildman–Crippen MR) is 74.8 cm³/mol. The molecule has 1 aromatic rings. The summed E-state index contributed by atoms with van der Waals surface area (Å²) < 4.78 is 0. The highest BCUT2D eigenvalue weighted by atomic mass is 16.4. The summed E-state index contributed by atoms with van der Waals surface area (Å²) >= 11 is 0. The molecular weight excluding hydrogens is 240 g/mol. The van der Waals surface area contributed by atoms with Gasteiger partial charge in [0.1, 0.15) is 0 Å². The zero-order valence-electron chi connectivity index (χ0n) is 11.2. The van der Waals surface area contributed by atoms with E-state index in [0.29, 0.717) is 12.5 Å². The van der Waals surface area contributed by atoms with Crippen LogP contribution in [0.2, 0.25) is 0 Å². The van der Waals surface area contributed by atoms with Crippen molar-refractivity contribution in [2.75, 3.05) is 6.54 Å². The Labute approximate surface area is 114 Å². The summed E-state index contributed by atoms with van der Waals surface area (Å²) in [7, 11) is 0. The molecule has 0 spiro atoms. The first kappa shape index (κ1) is 13.9. The molecule has 0 aliphatic heterocycles. The van der Waals surface area contributed by atoms with Crippen LogP contribution in [0.25, 0.3) is 0 Å². The van der Waals surface area contributed by atoms with Crippen molar-refractivity contribution >= 4 is 6.09 Å². The molecule has 0 unspecified atom stereocenters. The molecule has 0 heterocycles. The second-order valence-electron chi connectivity index (χ2n) is 5.31. The van der Waals surface area contributed by atoms with Crippen molar-refractivity contribution in [3.05, 3.63) is 35.9 Å². The highest BCUT2D eigenvalue weighted by Crippen LogP contribution is 2.28. The van der Waals surface area contributed by atoms with Gasteiger partial charge in [0.25, 0.3) is 0 Å². The minimum atomic E-state index is -0.819. The fourth-order valence-corrected chi connectivity index (χ4v) is 2.83. The van der Waals surface area contributed by atoms with Gasteiger partial charge in [-0.05, 0) is 43.7 Å². The molecule has 1 amide bonds. The topological polar surface area (TPSA) is 66.6 Å². The van der Waals surface area contributed by atoms with Crippen LogP contribution >= 0.6 is 0 Å². The van der Waals surface area contributed by atoms with Gasteiger partial charge in [-0.1, -0.05) is 30.3 Å². The Morgan fingerprint density at radius 2 is 1.84 bits per heavy atom. The molecular formula is C15H22N2O2. The molecule has 1 fully saturated rings. The van der Waals surface area contributed by atoms with Crippen LogP contribution in [0.3, 0.4) is 0 Å². The maximum atomic E-state index is 11.5. The zero-order chi connectivity index (χ0) is 13.7. The third-order valence-corrected chi connectivity index (χ3v) is 4.03. The number of nitrogens with zero attached hydrogens (tertiary/aromatic N) is 1. The number of rotatable bonds is 4. The molecule has 1 aliphatic rings. The van der Waals surface area contributed by atoms with Gasteiger partial charge in [-0.2, -0.15) is 0 Å². The van der Waals surface area contributed by atoms with Crippen molar-refractivity contribution in [2.24, 2.45) is 11.7 Å². The van der Waals surface area contributed by atoms with Crippen LogP contribution in [0, 0.1) is 5.92 Å². The average Bonchev–Trinajstić information content (AvgIpc) is 2.46. The van der Waals surface area contributed by atoms with Crippen molar-refractivity contribution in [1.29, 1.82) is 0 Å². The van der Waals surface area contributed by atoms with Crippen LogP contribution in [0.15, 0.2) is 30.3 Å². The maximum absolute atomic E-state index is 11.5. The standard InChI is InChI=1S/C15H22N2O2/c16-10-12-6-8-14(9-7-12)17(15(18)19)11-13-4-2-1-3-5-13/h1-5,12,14H,6-11,16H2,(H,18,19).